The van der Waals surface area contributed by atoms with Crippen LogP contribution < -0.4 is 4.80 Å². The first-order chi connectivity index (χ1) is 14.4. The van der Waals surface area contributed by atoms with Crippen LogP contribution in [0.3, 0.4) is 0 Å². The summed E-state index contributed by atoms with van der Waals surface area (Å²) in [7, 11) is -3.50. The smallest absolute Gasteiger partial charge is 0.243 e. The molecule has 0 atom stereocenters. The maximum absolute atomic E-state index is 12.8. The molecule has 7 nitrogen and oxygen atoms in total. The Morgan fingerprint density at radius 2 is 1.87 bits per heavy atom. The summed E-state index contributed by atoms with van der Waals surface area (Å²) < 4.78 is 40.0. The van der Waals surface area contributed by atoms with Crippen molar-refractivity contribution in [1.29, 1.82) is 0 Å². The maximum Gasteiger partial charge on any atom is 0.243 e. The highest BCUT2D eigenvalue weighted by molar-refractivity contribution is 7.89. The molecule has 9 heteroatoms. The number of morpholine rings is 1. The number of furan rings is 1. The molecule has 1 aliphatic rings. The van der Waals surface area contributed by atoms with Gasteiger partial charge in [-0.25, -0.2) is 13.4 Å². The largest absolute Gasteiger partial charge is 0.463 e. The molecular weight excluding hydrogens is 422 g/mol. The van der Waals surface area contributed by atoms with Gasteiger partial charge < -0.3 is 13.7 Å². The Labute approximate surface area is 180 Å². The molecule has 160 valence electrons. The molecule has 0 unspecified atom stereocenters. The van der Waals surface area contributed by atoms with Crippen molar-refractivity contribution in [2.24, 2.45) is 10.9 Å². The third-order valence-corrected chi connectivity index (χ3v) is 7.56. The van der Waals surface area contributed by atoms with Crippen molar-refractivity contribution in [3.63, 3.8) is 0 Å². The molecule has 0 N–H and O–H groups in total. The van der Waals surface area contributed by atoms with Gasteiger partial charge in [0.1, 0.15) is 0 Å². The van der Waals surface area contributed by atoms with E-state index >= 15 is 0 Å². The zero-order chi connectivity index (χ0) is 21.1. The lowest BCUT2D eigenvalue weighted by molar-refractivity contribution is 0.0730. The second kappa shape index (κ2) is 8.89. The van der Waals surface area contributed by atoms with Crippen LogP contribution in [-0.2, 0) is 21.3 Å². The maximum atomic E-state index is 12.8. The van der Waals surface area contributed by atoms with Gasteiger partial charge in [0.25, 0.3) is 0 Å². The Morgan fingerprint density at radius 1 is 1.13 bits per heavy atom. The van der Waals surface area contributed by atoms with Gasteiger partial charge in [0.2, 0.25) is 10.0 Å². The molecule has 0 saturated carbocycles. The zero-order valence-corrected chi connectivity index (χ0v) is 18.7. The van der Waals surface area contributed by atoms with Gasteiger partial charge in [0, 0.05) is 25.0 Å². The second-order valence-corrected chi connectivity index (χ2v) is 10.3. The van der Waals surface area contributed by atoms with E-state index in [4.69, 9.17) is 14.1 Å². The average molecular weight is 448 g/mol. The molecular formula is C21H25N3O4S2. The molecule has 3 heterocycles. The highest BCUT2D eigenvalue weighted by atomic mass is 32.2. The molecule has 1 aromatic carbocycles. The fourth-order valence-electron chi connectivity index (χ4n) is 3.32. The van der Waals surface area contributed by atoms with E-state index in [0.717, 1.165) is 22.8 Å². The molecule has 0 aliphatic carbocycles. The van der Waals surface area contributed by atoms with Crippen LogP contribution in [0.4, 0.5) is 5.69 Å². The second-order valence-electron chi connectivity index (χ2n) is 7.51. The van der Waals surface area contributed by atoms with Crippen molar-refractivity contribution in [3.05, 3.63) is 52.8 Å². The quantitative estimate of drug-likeness (QED) is 0.577. The van der Waals surface area contributed by atoms with Crippen LogP contribution in [0.25, 0.3) is 11.5 Å². The van der Waals surface area contributed by atoms with E-state index in [9.17, 15) is 8.42 Å². The Hall–Kier alpha value is -2.20. The van der Waals surface area contributed by atoms with Crippen LogP contribution in [0, 0.1) is 5.92 Å². The van der Waals surface area contributed by atoms with Crippen LogP contribution in [-0.4, -0.2) is 43.6 Å². The summed E-state index contributed by atoms with van der Waals surface area (Å²) in [5.41, 5.74) is 1.70. The van der Waals surface area contributed by atoms with Crippen molar-refractivity contribution in [3.8, 4) is 11.5 Å². The highest BCUT2D eigenvalue weighted by Crippen LogP contribution is 2.23. The number of rotatable bonds is 6. The first-order valence-electron chi connectivity index (χ1n) is 9.90. The van der Waals surface area contributed by atoms with Crippen molar-refractivity contribution in [1.82, 2.24) is 8.87 Å². The minimum Gasteiger partial charge on any atom is -0.463 e. The van der Waals surface area contributed by atoms with Crippen molar-refractivity contribution in [2.75, 3.05) is 26.3 Å². The van der Waals surface area contributed by atoms with E-state index in [1.807, 2.05) is 17.5 Å². The summed E-state index contributed by atoms with van der Waals surface area (Å²) in [6.07, 6.45) is 1.66. The molecule has 0 amide bonds. The summed E-state index contributed by atoms with van der Waals surface area (Å²) >= 11 is 1.54. The molecule has 0 spiro atoms. The minimum absolute atomic E-state index is 0.279. The fourth-order valence-corrected chi connectivity index (χ4v) is 5.65. The number of nitrogens with zero attached hydrogens (tertiary/aromatic N) is 3. The van der Waals surface area contributed by atoms with E-state index in [0.29, 0.717) is 37.9 Å². The van der Waals surface area contributed by atoms with E-state index in [1.54, 1.807) is 30.5 Å². The standard InChI is InChI=1S/C21H25N3O4S2/c1-16(2)14-24-19(20-4-3-11-28-20)15-29-21(24)22-17-5-7-18(8-6-17)30(25,26)23-9-12-27-13-10-23/h3-8,11,15-16H,9-10,12-14H2,1-2H3. The minimum atomic E-state index is -3.50. The summed E-state index contributed by atoms with van der Waals surface area (Å²) in [5, 5.41) is 2.04. The van der Waals surface area contributed by atoms with Gasteiger partial charge in [-0.15, -0.1) is 11.3 Å². The highest BCUT2D eigenvalue weighted by Gasteiger charge is 2.26. The molecule has 0 bridgehead atoms. The number of sulfonamides is 1. The fraction of sp³-hybridized carbons (Fsp3) is 0.381. The number of aromatic nitrogens is 1. The number of benzene rings is 1. The molecule has 1 fully saturated rings. The summed E-state index contributed by atoms with van der Waals surface area (Å²) in [4.78, 5) is 5.90. The Bertz CT molecular complexity index is 1140. The van der Waals surface area contributed by atoms with E-state index in [2.05, 4.69) is 18.4 Å². The first kappa shape index (κ1) is 21.0. The predicted molar refractivity (Wildman–Crippen MR) is 116 cm³/mol. The monoisotopic (exact) mass is 447 g/mol. The molecule has 3 aromatic rings. The van der Waals surface area contributed by atoms with Crippen LogP contribution in [0.5, 0.6) is 0 Å². The first-order valence-corrected chi connectivity index (χ1v) is 12.2. The molecule has 0 radical (unpaired) electrons. The van der Waals surface area contributed by atoms with Crippen molar-refractivity contribution in [2.45, 2.75) is 25.3 Å². The molecule has 1 aliphatic heterocycles. The van der Waals surface area contributed by atoms with Gasteiger partial charge in [-0.2, -0.15) is 4.31 Å². The van der Waals surface area contributed by atoms with Crippen molar-refractivity contribution >= 4 is 27.0 Å². The molecule has 1 saturated heterocycles. The number of hydrogen-bond donors (Lipinski definition) is 0. The predicted octanol–water partition coefficient (Wildman–Crippen LogP) is 3.72. The van der Waals surface area contributed by atoms with Crippen LogP contribution in [0.1, 0.15) is 13.8 Å². The van der Waals surface area contributed by atoms with Gasteiger partial charge in [-0.05, 0) is 42.3 Å². The van der Waals surface area contributed by atoms with Crippen LogP contribution in [0.15, 0.2) is 62.3 Å². The summed E-state index contributed by atoms with van der Waals surface area (Å²) in [6, 6.07) is 10.6. The topological polar surface area (TPSA) is 77.0 Å². The summed E-state index contributed by atoms with van der Waals surface area (Å²) in [6.45, 7) is 6.75. The zero-order valence-electron chi connectivity index (χ0n) is 17.0. The van der Waals surface area contributed by atoms with Gasteiger partial charge in [0.15, 0.2) is 10.6 Å². The number of ether oxygens (including phenoxy) is 1. The lowest BCUT2D eigenvalue weighted by Crippen LogP contribution is -2.40. The Morgan fingerprint density at radius 3 is 2.50 bits per heavy atom. The van der Waals surface area contributed by atoms with E-state index < -0.39 is 10.0 Å². The molecule has 30 heavy (non-hydrogen) atoms. The lowest BCUT2D eigenvalue weighted by Gasteiger charge is -2.26. The third kappa shape index (κ3) is 4.44. The SMILES string of the molecule is CC(C)Cn1c(-c2ccco2)csc1=Nc1ccc(S(=O)(=O)N2CCOCC2)cc1. The Balaban J connectivity index is 1.65. The number of thiazole rings is 1. The lowest BCUT2D eigenvalue weighted by atomic mass is 10.2. The van der Waals surface area contributed by atoms with Crippen LogP contribution >= 0.6 is 11.3 Å². The average Bonchev–Trinajstić information content (AvgIpc) is 3.39. The van der Waals surface area contributed by atoms with Crippen molar-refractivity contribution < 1.29 is 17.6 Å². The number of hydrogen-bond acceptors (Lipinski definition) is 6. The third-order valence-electron chi connectivity index (χ3n) is 4.79. The Kier molecular flexibility index (Phi) is 6.24. The van der Waals surface area contributed by atoms with E-state index in [-0.39, 0.29) is 4.90 Å². The van der Waals surface area contributed by atoms with Gasteiger partial charge in [-0.1, -0.05) is 13.8 Å². The van der Waals surface area contributed by atoms with E-state index in [1.165, 1.54) is 15.6 Å². The van der Waals surface area contributed by atoms with Gasteiger partial charge in [0.05, 0.1) is 35.8 Å². The van der Waals surface area contributed by atoms with Gasteiger partial charge in [-0.3, -0.25) is 0 Å². The van der Waals surface area contributed by atoms with Gasteiger partial charge >= 0.3 is 0 Å². The molecule has 2 aromatic heterocycles. The normalized spacial score (nSPS) is 16.4. The van der Waals surface area contributed by atoms with Crippen LogP contribution in [0.2, 0.25) is 0 Å². The molecule has 4 rings (SSSR count). The summed E-state index contributed by atoms with van der Waals surface area (Å²) in [5.74, 6) is 1.24.